The Kier molecular flexibility index (Phi) is 3.52. The molecule has 3 heteroatoms. The van der Waals surface area contributed by atoms with Crippen LogP contribution in [0.3, 0.4) is 0 Å². The minimum Gasteiger partial charge on any atom is -0.326 e. The van der Waals surface area contributed by atoms with Crippen molar-refractivity contribution in [2.45, 2.75) is 26.3 Å². The van der Waals surface area contributed by atoms with Gasteiger partial charge in [-0.3, -0.25) is 4.79 Å². The molecule has 1 unspecified atom stereocenters. The molecule has 3 rings (SSSR count). The van der Waals surface area contributed by atoms with Crippen molar-refractivity contribution < 1.29 is 4.79 Å². The third kappa shape index (κ3) is 2.57. The summed E-state index contributed by atoms with van der Waals surface area (Å²) in [6.45, 7) is 4.26. The Balaban J connectivity index is 1.98. The van der Waals surface area contributed by atoms with Crippen molar-refractivity contribution >= 4 is 11.6 Å². The molecule has 0 radical (unpaired) electrons. The van der Waals surface area contributed by atoms with Gasteiger partial charge >= 0.3 is 0 Å². The number of nitrogens with one attached hydrogen (secondary N) is 2. The molecule has 1 atom stereocenters. The second-order valence-corrected chi connectivity index (χ2v) is 5.71. The molecular weight excluding hydrogens is 260 g/mol. The Bertz CT molecular complexity index is 706. The number of fused-ring (bicyclic) bond motifs is 1. The highest BCUT2D eigenvalue weighted by atomic mass is 16.1. The fourth-order valence-electron chi connectivity index (χ4n) is 2.90. The second kappa shape index (κ2) is 5.34. The normalized spacial score (nSPS) is 14.7. The molecule has 1 aliphatic rings. The van der Waals surface area contributed by atoms with Gasteiger partial charge in [-0.1, -0.05) is 30.3 Å². The molecule has 1 aliphatic heterocycles. The van der Waals surface area contributed by atoms with Crippen LogP contribution in [-0.4, -0.2) is 13.0 Å². The Morgan fingerprint density at radius 1 is 1.05 bits per heavy atom. The monoisotopic (exact) mass is 280 g/mol. The molecule has 2 aromatic rings. The van der Waals surface area contributed by atoms with E-state index in [1.165, 1.54) is 22.3 Å². The van der Waals surface area contributed by atoms with Crippen molar-refractivity contribution in [1.29, 1.82) is 0 Å². The number of anilines is 1. The van der Waals surface area contributed by atoms with Gasteiger partial charge in [-0.2, -0.15) is 0 Å². The van der Waals surface area contributed by atoms with E-state index >= 15 is 0 Å². The molecule has 2 N–H and O–H groups in total. The standard InChI is InChI=1S/C18H20N2O/c1-11-4-5-13(8-12(11)2)18(19-3)14-6-7-16-15(9-14)10-17(21)20-16/h4-9,18-19H,10H2,1-3H3,(H,20,21). The van der Waals surface area contributed by atoms with Crippen LogP contribution in [0.15, 0.2) is 36.4 Å². The maximum atomic E-state index is 11.5. The van der Waals surface area contributed by atoms with Crippen LogP contribution in [0.25, 0.3) is 0 Å². The van der Waals surface area contributed by atoms with E-state index in [1.54, 1.807) is 0 Å². The topological polar surface area (TPSA) is 41.1 Å². The number of carbonyl (C=O) groups excluding carboxylic acids is 1. The van der Waals surface area contributed by atoms with Crippen LogP contribution in [0.4, 0.5) is 5.69 Å². The number of hydrogen-bond donors (Lipinski definition) is 2. The summed E-state index contributed by atoms with van der Waals surface area (Å²) in [4.78, 5) is 11.5. The van der Waals surface area contributed by atoms with Gasteiger partial charge in [0.2, 0.25) is 5.91 Å². The zero-order valence-electron chi connectivity index (χ0n) is 12.7. The van der Waals surface area contributed by atoms with E-state index in [1.807, 2.05) is 13.1 Å². The third-order valence-electron chi connectivity index (χ3n) is 4.24. The first kappa shape index (κ1) is 13.8. The Hall–Kier alpha value is -2.13. The highest BCUT2D eigenvalue weighted by Crippen LogP contribution is 2.29. The quantitative estimate of drug-likeness (QED) is 0.907. The first-order valence-corrected chi connectivity index (χ1v) is 7.25. The number of amides is 1. The molecule has 1 amide bonds. The lowest BCUT2D eigenvalue weighted by Crippen LogP contribution is -2.18. The van der Waals surface area contributed by atoms with Crippen LogP contribution in [0.5, 0.6) is 0 Å². The van der Waals surface area contributed by atoms with E-state index in [0.29, 0.717) is 6.42 Å². The van der Waals surface area contributed by atoms with Gasteiger partial charge in [0.1, 0.15) is 0 Å². The summed E-state index contributed by atoms with van der Waals surface area (Å²) >= 11 is 0. The fraction of sp³-hybridized carbons (Fsp3) is 0.278. The van der Waals surface area contributed by atoms with Crippen LogP contribution < -0.4 is 10.6 Å². The zero-order chi connectivity index (χ0) is 15.0. The lowest BCUT2D eigenvalue weighted by Gasteiger charge is -2.19. The lowest BCUT2D eigenvalue weighted by atomic mass is 9.94. The minimum absolute atomic E-state index is 0.0781. The summed E-state index contributed by atoms with van der Waals surface area (Å²) < 4.78 is 0. The summed E-state index contributed by atoms with van der Waals surface area (Å²) in [7, 11) is 1.97. The van der Waals surface area contributed by atoms with Crippen molar-refractivity contribution in [2.75, 3.05) is 12.4 Å². The molecule has 0 aliphatic carbocycles. The summed E-state index contributed by atoms with van der Waals surface area (Å²) in [6, 6.07) is 12.9. The predicted octanol–water partition coefficient (Wildman–Crippen LogP) is 3.11. The minimum atomic E-state index is 0.0781. The van der Waals surface area contributed by atoms with Gasteiger partial charge in [0.15, 0.2) is 0 Å². The smallest absolute Gasteiger partial charge is 0.228 e. The Morgan fingerprint density at radius 3 is 2.48 bits per heavy atom. The molecule has 0 aromatic heterocycles. The number of aryl methyl sites for hydroxylation is 2. The molecule has 0 saturated carbocycles. The van der Waals surface area contributed by atoms with Gasteiger partial charge in [-0.15, -0.1) is 0 Å². The van der Waals surface area contributed by atoms with Crippen LogP contribution in [0, 0.1) is 13.8 Å². The molecule has 0 bridgehead atoms. The van der Waals surface area contributed by atoms with E-state index in [9.17, 15) is 4.79 Å². The maximum absolute atomic E-state index is 11.5. The van der Waals surface area contributed by atoms with Crippen molar-refractivity contribution in [3.63, 3.8) is 0 Å². The van der Waals surface area contributed by atoms with Gasteiger partial charge in [-0.05, 0) is 54.8 Å². The van der Waals surface area contributed by atoms with Crippen molar-refractivity contribution in [2.24, 2.45) is 0 Å². The van der Waals surface area contributed by atoms with Gasteiger partial charge < -0.3 is 10.6 Å². The molecule has 21 heavy (non-hydrogen) atoms. The number of hydrogen-bond acceptors (Lipinski definition) is 2. The van der Waals surface area contributed by atoms with Crippen molar-refractivity contribution in [3.05, 3.63) is 64.2 Å². The first-order chi connectivity index (χ1) is 10.1. The van der Waals surface area contributed by atoms with Crippen molar-refractivity contribution in [3.8, 4) is 0 Å². The zero-order valence-corrected chi connectivity index (χ0v) is 12.7. The van der Waals surface area contributed by atoms with E-state index < -0.39 is 0 Å². The van der Waals surface area contributed by atoms with Crippen LogP contribution in [0.2, 0.25) is 0 Å². The summed E-state index contributed by atoms with van der Waals surface area (Å²) in [5.41, 5.74) is 7.07. The van der Waals surface area contributed by atoms with Gasteiger partial charge in [0, 0.05) is 5.69 Å². The van der Waals surface area contributed by atoms with Crippen LogP contribution in [0.1, 0.15) is 33.9 Å². The van der Waals surface area contributed by atoms with Gasteiger partial charge in [0.25, 0.3) is 0 Å². The summed E-state index contributed by atoms with van der Waals surface area (Å²) in [5, 5.41) is 6.26. The molecule has 0 saturated heterocycles. The molecule has 2 aromatic carbocycles. The highest BCUT2D eigenvalue weighted by molar-refractivity contribution is 5.99. The molecule has 1 heterocycles. The largest absolute Gasteiger partial charge is 0.326 e. The predicted molar refractivity (Wildman–Crippen MR) is 85.6 cm³/mol. The van der Waals surface area contributed by atoms with Crippen LogP contribution in [-0.2, 0) is 11.2 Å². The first-order valence-electron chi connectivity index (χ1n) is 7.25. The van der Waals surface area contributed by atoms with E-state index in [0.717, 1.165) is 11.3 Å². The second-order valence-electron chi connectivity index (χ2n) is 5.71. The average molecular weight is 280 g/mol. The van der Waals surface area contributed by atoms with Crippen molar-refractivity contribution in [1.82, 2.24) is 5.32 Å². The van der Waals surface area contributed by atoms with E-state index in [-0.39, 0.29) is 11.9 Å². The molecule has 0 fully saturated rings. The van der Waals surface area contributed by atoms with Crippen LogP contribution >= 0.6 is 0 Å². The lowest BCUT2D eigenvalue weighted by molar-refractivity contribution is -0.115. The van der Waals surface area contributed by atoms with E-state index in [2.05, 4.69) is 54.8 Å². The molecular formula is C18H20N2O. The maximum Gasteiger partial charge on any atom is 0.228 e. The molecule has 0 spiro atoms. The van der Waals surface area contributed by atoms with Gasteiger partial charge in [-0.25, -0.2) is 0 Å². The summed E-state index contributed by atoms with van der Waals surface area (Å²) in [5.74, 6) is 0.0781. The number of rotatable bonds is 3. The average Bonchev–Trinajstić information content (AvgIpc) is 2.83. The number of benzene rings is 2. The SMILES string of the molecule is CNC(c1ccc(C)c(C)c1)c1ccc2c(c1)CC(=O)N2. The number of carbonyl (C=O) groups is 1. The molecule has 108 valence electrons. The van der Waals surface area contributed by atoms with E-state index in [4.69, 9.17) is 0 Å². The summed E-state index contributed by atoms with van der Waals surface area (Å²) in [6.07, 6.45) is 0.479. The van der Waals surface area contributed by atoms with Gasteiger partial charge in [0.05, 0.1) is 12.5 Å². The Morgan fingerprint density at radius 2 is 1.76 bits per heavy atom. The Labute approximate surface area is 125 Å². The fourth-order valence-corrected chi connectivity index (χ4v) is 2.90. The molecule has 3 nitrogen and oxygen atoms in total. The highest BCUT2D eigenvalue weighted by Gasteiger charge is 2.20. The third-order valence-corrected chi connectivity index (χ3v) is 4.24.